The van der Waals surface area contributed by atoms with Crippen LogP contribution in [-0.2, 0) is 23.8 Å². The minimum absolute atomic E-state index is 0.00116. The van der Waals surface area contributed by atoms with Crippen molar-refractivity contribution < 1.29 is 28.9 Å². The lowest BCUT2D eigenvalue weighted by Gasteiger charge is -2.15. The third kappa shape index (κ3) is 2.40. The Morgan fingerprint density at radius 1 is 1.31 bits per heavy atom. The Kier molecular flexibility index (Phi) is 3.21. The molecule has 0 amide bonds. The maximum Gasteiger partial charge on any atom is 0.331 e. The molecule has 1 N–H and O–H groups in total. The van der Waals surface area contributed by atoms with E-state index >= 15 is 0 Å². The second-order valence-electron chi connectivity index (χ2n) is 3.64. The number of hydrogen-bond acceptors (Lipinski definition) is 5. The van der Waals surface area contributed by atoms with Gasteiger partial charge in [0, 0.05) is 18.8 Å². The van der Waals surface area contributed by atoms with Crippen LogP contribution in [-0.4, -0.2) is 48.6 Å². The molecule has 2 aliphatic rings. The number of hydrogen-bond donors (Lipinski definition) is 1. The number of rotatable bonds is 3. The van der Waals surface area contributed by atoms with Crippen LogP contribution < -0.4 is 0 Å². The van der Waals surface area contributed by atoms with Gasteiger partial charge >= 0.3 is 11.9 Å². The lowest BCUT2D eigenvalue weighted by atomic mass is 10.1. The second kappa shape index (κ2) is 4.63. The number of fused-ring (bicyclic) bond motifs is 1. The fourth-order valence-electron chi connectivity index (χ4n) is 1.86. The minimum atomic E-state index is -1.19. The monoisotopic (exact) mass is 228 g/mol. The molecule has 2 aliphatic heterocycles. The van der Waals surface area contributed by atoms with Crippen LogP contribution in [0.25, 0.3) is 0 Å². The van der Waals surface area contributed by atoms with Gasteiger partial charge in [0.25, 0.3) is 0 Å². The van der Waals surface area contributed by atoms with E-state index in [1.54, 1.807) is 0 Å². The van der Waals surface area contributed by atoms with Gasteiger partial charge in [-0.15, -0.1) is 0 Å². The molecular weight excluding hydrogens is 216 g/mol. The molecule has 0 aromatic carbocycles. The third-order valence-electron chi connectivity index (χ3n) is 2.55. The summed E-state index contributed by atoms with van der Waals surface area (Å²) in [5, 5.41) is 8.33. The van der Waals surface area contributed by atoms with Gasteiger partial charge < -0.3 is 19.3 Å². The van der Waals surface area contributed by atoms with Gasteiger partial charge in [-0.2, -0.15) is 0 Å². The van der Waals surface area contributed by atoms with E-state index in [4.69, 9.17) is 19.3 Å². The Morgan fingerprint density at radius 2 is 2.12 bits per heavy atom. The Morgan fingerprint density at radius 3 is 2.88 bits per heavy atom. The van der Waals surface area contributed by atoms with Gasteiger partial charge in [-0.05, 0) is 6.42 Å². The summed E-state index contributed by atoms with van der Waals surface area (Å²) >= 11 is 0. The van der Waals surface area contributed by atoms with Crippen molar-refractivity contribution in [1.29, 1.82) is 0 Å². The van der Waals surface area contributed by atoms with Crippen LogP contribution in [0.4, 0.5) is 0 Å². The zero-order valence-electron chi connectivity index (χ0n) is 8.50. The predicted octanol–water partition coefficient (Wildman–Crippen LogP) is -0.273. The van der Waals surface area contributed by atoms with Crippen LogP contribution in [0, 0.1) is 0 Å². The number of esters is 1. The maximum absolute atomic E-state index is 11.2. The first-order valence-electron chi connectivity index (χ1n) is 5.01. The topological polar surface area (TPSA) is 82.1 Å². The molecule has 0 spiro atoms. The number of carboxylic acid groups (broad SMARTS) is 1. The molecule has 16 heavy (non-hydrogen) atoms. The first kappa shape index (κ1) is 11.1. The Labute approximate surface area is 91.8 Å². The first-order valence-corrected chi connectivity index (χ1v) is 5.01. The Balaban J connectivity index is 1.85. The SMILES string of the molecule is O=C(O)/C=C\C(=O)O[C@@H]1COC2CCOC21. The van der Waals surface area contributed by atoms with Gasteiger partial charge in [0.1, 0.15) is 6.10 Å². The highest BCUT2D eigenvalue weighted by Crippen LogP contribution is 2.28. The van der Waals surface area contributed by atoms with Crippen molar-refractivity contribution in [3.8, 4) is 0 Å². The van der Waals surface area contributed by atoms with Crippen molar-refractivity contribution in [2.75, 3.05) is 13.2 Å². The second-order valence-corrected chi connectivity index (χ2v) is 3.64. The molecule has 0 aliphatic carbocycles. The van der Waals surface area contributed by atoms with E-state index in [-0.39, 0.29) is 12.2 Å². The molecule has 3 atom stereocenters. The van der Waals surface area contributed by atoms with E-state index in [1.807, 2.05) is 0 Å². The summed E-state index contributed by atoms with van der Waals surface area (Å²) in [5.74, 6) is -1.87. The molecule has 6 nitrogen and oxygen atoms in total. The lowest BCUT2D eigenvalue weighted by molar-refractivity contribution is -0.148. The van der Waals surface area contributed by atoms with Gasteiger partial charge in [-0.1, -0.05) is 0 Å². The molecule has 6 heteroatoms. The average molecular weight is 228 g/mol. The molecule has 2 unspecified atom stereocenters. The number of aliphatic carboxylic acids is 1. The molecule has 2 fully saturated rings. The van der Waals surface area contributed by atoms with Crippen LogP contribution in [0.1, 0.15) is 6.42 Å². The summed E-state index contributed by atoms with van der Waals surface area (Å²) < 4.78 is 15.8. The Hall–Kier alpha value is -1.40. The summed E-state index contributed by atoms with van der Waals surface area (Å²) in [5.41, 5.74) is 0. The van der Waals surface area contributed by atoms with E-state index in [0.717, 1.165) is 18.6 Å². The van der Waals surface area contributed by atoms with E-state index < -0.39 is 18.0 Å². The van der Waals surface area contributed by atoms with Crippen molar-refractivity contribution in [3.63, 3.8) is 0 Å². The fourth-order valence-corrected chi connectivity index (χ4v) is 1.86. The van der Waals surface area contributed by atoms with E-state index in [0.29, 0.717) is 13.2 Å². The van der Waals surface area contributed by atoms with Crippen LogP contribution in [0.5, 0.6) is 0 Å². The van der Waals surface area contributed by atoms with Gasteiger partial charge in [0.15, 0.2) is 6.10 Å². The smallest absolute Gasteiger partial charge is 0.331 e. The van der Waals surface area contributed by atoms with Crippen LogP contribution in [0.2, 0.25) is 0 Å². The molecule has 0 saturated carbocycles. The summed E-state index contributed by atoms with van der Waals surface area (Å²) in [4.78, 5) is 21.4. The summed E-state index contributed by atoms with van der Waals surface area (Å²) in [6.07, 6.45) is 1.79. The number of ether oxygens (including phenoxy) is 3. The lowest BCUT2D eigenvalue weighted by Crippen LogP contribution is -2.31. The van der Waals surface area contributed by atoms with Crippen LogP contribution in [0.3, 0.4) is 0 Å². The van der Waals surface area contributed by atoms with E-state index in [1.165, 1.54) is 0 Å². The quantitative estimate of drug-likeness (QED) is 0.528. The minimum Gasteiger partial charge on any atom is -0.478 e. The molecule has 0 aromatic heterocycles. The normalized spacial score (nSPS) is 32.9. The van der Waals surface area contributed by atoms with E-state index in [2.05, 4.69) is 0 Å². The number of carbonyl (C=O) groups excluding carboxylic acids is 1. The predicted molar refractivity (Wildman–Crippen MR) is 50.8 cm³/mol. The molecule has 88 valence electrons. The standard InChI is InChI=1S/C10H12O6/c11-8(12)1-2-9(13)16-7-5-15-6-3-4-14-10(6)7/h1-2,6-7,10H,3-5H2,(H,11,12)/b2-1-/t6?,7-,10?/m1/s1. The average Bonchev–Trinajstić information content (AvgIpc) is 2.80. The highest BCUT2D eigenvalue weighted by atomic mass is 16.6. The highest BCUT2D eigenvalue weighted by molar-refractivity contribution is 5.90. The van der Waals surface area contributed by atoms with Crippen LogP contribution >= 0.6 is 0 Å². The zero-order valence-corrected chi connectivity index (χ0v) is 8.50. The molecule has 0 radical (unpaired) electrons. The number of carbonyl (C=O) groups is 2. The molecule has 2 saturated heterocycles. The van der Waals surface area contributed by atoms with Gasteiger partial charge in [0.05, 0.1) is 12.7 Å². The van der Waals surface area contributed by atoms with Gasteiger partial charge in [0.2, 0.25) is 0 Å². The molecule has 0 bridgehead atoms. The van der Waals surface area contributed by atoms with Crippen molar-refractivity contribution in [2.45, 2.75) is 24.7 Å². The van der Waals surface area contributed by atoms with Crippen molar-refractivity contribution in [1.82, 2.24) is 0 Å². The molecular formula is C10H12O6. The molecule has 2 heterocycles. The van der Waals surface area contributed by atoms with Crippen molar-refractivity contribution in [2.24, 2.45) is 0 Å². The maximum atomic E-state index is 11.2. The third-order valence-corrected chi connectivity index (χ3v) is 2.55. The van der Waals surface area contributed by atoms with Gasteiger partial charge in [-0.3, -0.25) is 0 Å². The summed E-state index contributed by atoms with van der Waals surface area (Å²) in [6.45, 7) is 0.913. The van der Waals surface area contributed by atoms with Crippen LogP contribution in [0.15, 0.2) is 12.2 Å². The van der Waals surface area contributed by atoms with Crippen molar-refractivity contribution >= 4 is 11.9 Å². The Bertz CT molecular complexity index is 323. The summed E-state index contributed by atoms with van der Waals surface area (Å²) in [6, 6.07) is 0. The zero-order chi connectivity index (χ0) is 11.5. The van der Waals surface area contributed by atoms with E-state index in [9.17, 15) is 9.59 Å². The largest absolute Gasteiger partial charge is 0.478 e. The van der Waals surface area contributed by atoms with Crippen molar-refractivity contribution in [3.05, 3.63) is 12.2 Å². The first-order chi connectivity index (χ1) is 7.66. The van der Waals surface area contributed by atoms with Gasteiger partial charge in [-0.25, -0.2) is 9.59 Å². The number of carboxylic acids is 1. The molecule has 2 rings (SSSR count). The summed E-state index contributed by atoms with van der Waals surface area (Å²) in [7, 11) is 0. The highest BCUT2D eigenvalue weighted by Gasteiger charge is 2.43. The fraction of sp³-hybridized carbons (Fsp3) is 0.600. The molecule has 0 aromatic rings.